The van der Waals surface area contributed by atoms with Crippen LogP contribution in [-0.2, 0) is 0 Å². The minimum absolute atomic E-state index is 1.14. The molecule has 0 aliphatic heterocycles. The van der Waals surface area contributed by atoms with Crippen LogP contribution in [0, 0.1) is 0 Å². The molecule has 4 heteroatoms. The van der Waals surface area contributed by atoms with Crippen molar-refractivity contribution in [3.63, 3.8) is 0 Å². The molecule has 2 aromatic heterocycles. The van der Waals surface area contributed by atoms with Gasteiger partial charge in [-0.3, -0.25) is 0 Å². The summed E-state index contributed by atoms with van der Waals surface area (Å²) in [5, 5.41) is 7.74. The van der Waals surface area contributed by atoms with Gasteiger partial charge in [0, 0.05) is 79.6 Å². The number of rotatable bonds is 6. The van der Waals surface area contributed by atoms with E-state index in [0.717, 1.165) is 28.4 Å². The van der Waals surface area contributed by atoms with Crippen LogP contribution >= 0.6 is 22.7 Å². The molecule has 50 heavy (non-hydrogen) atoms. The smallest absolute Gasteiger partial charge is 0.0540 e. The molecule has 0 atom stereocenters. The predicted octanol–water partition coefficient (Wildman–Crippen LogP) is 14.5. The second kappa shape index (κ2) is 11.9. The average Bonchev–Trinajstić information content (AvgIpc) is 3.75. The fourth-order valence-corrected chi connectivity index (χ4v) is 9.71. The summed E-state index contributed by atoms with van der Waals surface area (Å²) in [6.07, 6.45) is 0. The maximum Gasteiger partial charge on any atom is 0.0540 e. The van der Waals surface area contributed by atoms with E-state index in [1.165, 1.54) is 56.8 Å². The standard InChI is InChI=1S/C46H30N2S2/c1-4-13-31(14-5-1)47(32-15-6-2-7-16-32)34-24-28-44-41(29-34)38-25-23-35(30-45(38)49-44)48(33-17-8-3-9-18-33)42-21-12-20-39-36(42)26-27-40-37-19-10-11-22-43(37)50-46(39)40/h1-30H. The molecule has 0 amide bonds. The van der Waals surface area contributed by atoms with E-state index in [1.807, 2.05) is 22.7 Å². The Labute approximate surface area is 298 Å². The number of thiophene rings is 2. The fraction of sp³-hybridized carbons (Fsp3) is 0. The van der Waals surface area contributed by atoms with Gasteiger partial charge >= 0.3 is 0 Å². The number of anilines is 6. The highest BCUT2D eigenvalue weighted by molar-refractivity contribution is 7.26. The third-order valence-corrected chi connectivity index (χ3v) is 12.0. The van der Waals surface area contributed by atoms with Gasteiger partial charge in [-0.15, -0.1) is 22.7 Å². The highest BCUT2D eigenvalue weighted by Crippen LogP contribution is 2.46. The first-order chi connectivity index (χ1) is 24.8. The summed E-state index contributed by atoms with van der Waals surface area (Å²) in [5.41, 5.74) is 6.89. The zero-order chi connectivity index (χ0) is 33.0. The van der Waals surface area contributed by atoms with Gasteiger partial charge in [0.15, 0.2) is 0 Å². The van der Waals surface area contributed by atoms with Crippen molar-refractivity contribution in [1.82, 2.24) is 0 Å². The van der Waals surface area contributed by atoms with E-state index >= 15 is 0 Å². The molecular weight excluding hydrogens is 645 g/mol. The van der Waals surface area contributed by atoms with Crippen LogP contribution in [0.5, 0.6) is 0 Å². The number of nitrogens with zero attached hydrogens (tertiary/aromatic N) is 2. The number of para-hydroxylation sites is 3. The molecule has 0 spiro atoms. The van der Waals surface area contributed by atoms with Crippen LogP contribution in [0.3, 0.4) is 0 Å². The lowest BCUT2D eigenvalue weighted by Crippen LogP contribution is -2.10. The zero-order valence-electron chi connectivity index (χ0n) is 27.0. The molecular formula is C46H30N2S2. The quantitative estimate of drug-likeness (QED) is 0.173. The summed E-state index contributed by atoms with van der Waals surface area (Å²) in [5.74, 6) is 0. The maximum atomic E-state index is 2.42. The Bertz CT molecular complexity index is 2780. The minimum Gasteiger partial charge on any atom is -0.310 e. The van der Waals surface area contributed by atoms with Gasteiger partial charge in [0.05, 0.1) is 5.69 Å². The Morgan fingerprint density at radius 3 is 1.54 bits per heavy atom. The highest BCUT2D eigenvalue weighted by Gasteiger charge is 2.19. The first kappa shape index (κ1) is 29.0. The van der Waals surface area contributed by atoms with Crippen LogP contribution < -0.4 is 9.80 Å². The van der Waals surface area contributed by atoms with Gasteiger partial charge in [-0.2, -0.15) is 0 Å². The first-order valence-corrected chi connectivity index (χ1v) is 18.5. The number of fused-ring (bicyclic) bond motifs is 8. The Kier molecular flexibility index (Phi) is 6.90. The predicted molar refractivity (Wildman–Crippen MR) is 219 cm³/mol. The molecule has 0 aliphatic rings. The van der Waals surface area contributed by atoms with Crippen molar-refractivity contribution < 1.29 is 0 Å². The van der Waals surface area contributed by atoms with Gasteiger partial charge in [0.25, 0.3) is 0 Å². The normalized spacial score (nSPS) is 11.6. The van der Waals surface area contributed by atoms with Crippen molar-refractivity contribution >= 4 is 108 Å². The summed E-state index contributed by atoms with van der Waals surface area (Å²) < 4.78 is 5.22. The second-order valence-corrected chi connectivity index (χ2v) is 14.7. The van der Waals surface area contributed by atoms with Crippen LogP contribution in [0.25, 0.3) is 51.1 Å². The molecule has 2 heterocycles. The lowest BCUT2D eigenvalue weighted by atomic mass is 10.0. The van der Waals surface area contributed by atoms with Crippen molar-refractivity contribution in [2.24, 2.45) is 0 Å². The van der Waals surface area contributed by atoms with Gasteiger partial charge in [0.1, 0.15) is 0 Å². The van der Waals surface area contributed by atoms with Gasteiger partial charge < -0.3 is 9.80 Å². The molecule has 0 aliphatic carbocycles. The van der Waals surface area contributed by atoms with Crippen molar-refractivity contribution in [1.29, 1.82) is 0 Å². The molecule has 2 nitrogen and oxygen atoms in total. The molecule has 0 saturated heterocycles. The van der Waals surface area contributed by atoms with Crippen LogP contribution in [-0.4, -0.2) is 0 Å². The molecule has 236 valence electrons. The van der Waals surface area contributed by atoms with Gasteiger partial charge in [0.2, 0.25) is 0 Å². The number of hydrogen-bond acceptors (Lipinski definition) is 4. The fourth-order valence-electron chi connectivity index (χ4n) is 7.36. The van der Waals surface area contributed by atoms with E-state index in [4.69, 9.17) is 0 Å². The molecule has 0 radical (unpaired) electrons. The molecule has 0 unspecified atom stereocenters. The lowest BCUT2D eigenvalue weighted by Gasteiger charge is -2.27. The number of hydrogen-bond donors (Lipinski definition) is 0. The van der Waals surface area contributed by atoms with Crippen LogP contribution in [0.15, 0.2) is 182 Å². The van der Waals surface area contributed by atoms with E-state index in [-0.39, 0.29) is 0 Å². The summed E-state index contributed by atoms with van der Waals surface area (Å²) in [6, 6.07) is 66.0. The maximum absolute atomic E-state index is 2.42. The van der Waals surface area contributed by atoms with Gasteiger partial charge in [-0.05, 0) is 78.9 Å². The average molecular weight is 675 g/mol. The lowest BCUT2D eigenvalue weighted by molar-refractivity contribution is 1.29. The van der Waals surface area contributed by atoms with Gasteiger partial charge in [-0.25, -0.2) is 0 Å². The Balaban J connectivity index is 1.13. The molecule has 0 fully saturated rings. The first-order valence-electron chi connectivity index (χ1n) is 16.8. The third kappa shape index (κ3) is 4.76. The zero-order valence-corrected chi connectivity index (χ0v) is 28.7. The molecule has 10 rings (SSSR count). The summed E-state index contributed by atoms with van der Waals surface area (Å²) in [4.78, 5) is 4.76. The molecule has 10 aromatic rings. The van der Waals surface area contributed by atoms with Crippen molar-refractivity contribution in [2.75, 3.05) is 9.80 Å². The second-order valence-electron chi connectivity index (χ2n) is 12.6. The van der Waals surface area contributed by atoms with Crippen LogP contribution in [0.1, 0.15) is 0 Å². The monoisotopic (exact) mass is 674 g/mol. The van der Waals surface area contributed by atoms with E-state index in [9.17, 15) is 0 Å². The van der Waals surface area contributed by atoms with E-state index in [2.05, 4.69) is 192 Å². The van der Waals surface area contributed by atoms with Crippen LogP contribution in [0.2, 0.25) is 0 Å². The topological polar surface area (TPSA) is 6.48 Å². The molecule has 0 saturated carbocycles. The van der Waals surface area contributed by atoms with Crippen molar-refractivity contribution in [3.8, 4) is 0 Å². The van der Waals surface area contributed by atoms with Gasteiger partial charge in [-0.1, -0.05) is 103 Å². The largest absolute Gasteiger partial charge is 0.310 e. The third-order valence-electron chi connectivity index (χ3n) is 9.62. The van der Waals surface area contributed by atoms with E-state index in [1.54, 1.807) is 0 Å². The molecule has 0 N–H and O–H groups in total. The van der Waals surface area contributed by atoms with Crippen LogP contribution in [0.4, 0.5) is 34.1 Å². The highest BCUT2D eigenvalue weighted by atomic mass is 32.1. The SMILES string of the molecule is c1ccc(N(c2ccccc2)c2ccc3sc4cc(N(c5ccccc5)c5cccc6c5ccc5c7ccccc7sc65)ccc4c3c2)cc1. The van der Waals surface area contributed by atoms with E-state index < -0.39 is 0 Å². The minimum atomic E-state index is 1.14. The van der Waals surface area contributed by atoms with E-state index in [0.29, 0.717) is 0 Å². The summed E-state index contributed by atoms with van der Waals surface area (Å²) in [7, 11) is 0. The summed E-state index contributed by atoms with van der Waals surface area (Å²) in [6.45, 7) is 0. The molecule has 8 aromatic carbocycles. The number of benzene rings is 8. The summed E-state index contributed by atoms with van der Waals surface area (Å²) >= 11 is 3.75. The Morgan fingerprint density at radius 1 is 0.280 bits per heavy atom. The van der Waals surface area contributed by atoms with Crippen molar-refractivity contribution in [3.05, 3.63) is 182 Å². The Hall–Kier alpha value is -5.94. The molecule has 0 bridgehead atoms. The Morgan fingerprint density at radius 2 is 0.800 bits per heavy atom. The van der Waals surface area contributed by atoms with Crippen molar-refractivity contribution in [2.45, 2.75) is 0 Å².